The van der Waals surface area contributed by atoms with Gasteiger partial charge in [-0.3, -0.25) is 4.79 Å². The topological polar surface area (TPSA) is 56.1 Å². The molecule has 1 amide bonds. The predicted octanol–water partition coefficient (Wildman–Crippen LogP) is 6.47. The van der Waals surface area contributed by atoms with E-state index in [1.54, 1.807) is 7.11 Å². The number of amides is 1. The standard InChI is InChI=1S/C28H29Cl2N3O2/c1-35-22-13-10-20(11-14-22)18-28(34)31-16-6-2-3-9-27-32-25-7-4-5-8-26(25)33(27)19-21-12-15-23(29)24(30)17-21/h4-5,7-8,10-15,17H,2-3,6,9,16,18-19H2,1H3,(H,31,34). The highest BCUT2D eigenvalue weighted by Crippen LogP contribution is 2.25. The van der Waals surface area contributed by atoms with Crippen molar-refractivity contribution in [2.24, 2.45) is 0 Å². The number of para-hydroxylation sites is 2. The van der Waals surface area contributed by atoms with Crippen LogP contribution in [0.1, 0.15) is 36.2 Å². The molecule has 7 heteroatoms. The van der Waals surface area contributed by atoms with Crippen molar-refractivity contribution in [3.8, 4) is 5.75 Å². The molecule has 0 aliphatic rings. The highest BCUT2D eigenvalue weighted by Gasteiger charge is 2.12. The van der Waals surface area contributed by atoms with E-state index in [-0.39, 0.29) is 5.91 Å². The summed E-state index contributed by atoms with van der Waals surface area (Å²) in [5.74, 6) is 1.89. The van der Waals surface area contributed by atoms with Crippen molar-refractivity contribution in [1.82, 2.24) is 14.9 Å². The van der Waals surface area contributed by atoms with Crippen molar-refractivity contribution in [3.63, 3.8) is 0 Å². The third-order valence-electron chi connectivity index (χ3n) is 5.98. The molecule has 0 bridgehead atoms. The van der Waals surface area contributed by atoms with Gasteiger partial charge in [-0.15, -0.1) is 0 Å². The van der Waals surface area contributed by atoms with Crippen LogP contribution in [0.5, 0.6) is 5.75 Å². The zero-order chi connectivity index (χ0) is 24.6. The molecular formula is C28H29Cl2N3O2. The van der Waals surface area contributed by atoms with Crippen molar-refractivity contribution < 1.29 is 9.53 Å². The molecule has 0 saturated carbocycles. The fourth-order valence-electron chi connectivity index (χ4n) is 4.12. The largest absolute Gasteiger partial charge is 0.497 e. The Balaban J connectivity index is 1.27. The number of unbranched alkanes of at least 4 members (excludes halogenated alkanes) is 2. The molecule has 35 heavy (non-hydrogen) atoms. The molecule has 0 saturated heterocycles. The van der Waals surface area contributed by atoms with Gasteiger partial charge in [0.15, 0.2) is 0 Å². The summed E-state index contributed by atoms with van der Waals surface area (Å²) in [5.41, 5.74) is 4.17. The van der Waals surface area contributed by atoms with Crippen LogP contribution in [-0.4, -0.2) is 29.1 Å². The SMILES string of the molecule is COc1ccc(CC(=O)NCCCCCc2nc3ccccc3n2Cc2ccc(Cl)c(Cl)c2)cc1. The molecule has 0 aliphatic heterocycles. The fraction of sp³-hybridized carbons (Fsp3) is 0.286. The number of fused-ring (bicyclic) bond motifs is 1. The first-order valence-electron chi connectivity index (χ1n) is 11.8. The fourth-order valence-corrected chi connectivity index (χ4v) is 4.44. The maximum Gasteiger partial charge on any atom is 0.224 e. The first kappa shape index (κ1) is 25.1. The van der Waals surface area contributed by atoms with E-state index in [9.17, 15) is 4.79 Å². The van der Waals surface area contributed by atoms with Gasteiger partial charge in [0.25, 0.3) is 0 Å². The Kier molecular flexibility index (Phi) is 8.67. The highest BCUT2D eigenvalue weighted by atomic mass is 35.5. The number of nitrogens with zero attached hydrogens (tertiary/aromatic N) is 2. The number of halogens is 2. The van der Waals surface area contributed by atoms with Crippen LogP contribution in [-0.2, 0) is 24.2 Å². The predicted molar refractivity (Wildman–Crippen MR) is 143 cm³/mol. The van der Waals surface area contributed by atoms with Gasteiger partial charge in [0.05, 0.1) is 34.6 Å². The molecule has 4 aromatic rings. The first-order chi connectivity index (χ1) is 17.0. The quantitative estimate of drug-likeness (QED) is 0.235. The van der Waals surface area contributed by atoms with Gasteiger partial charge in [0, 0.05) is 19.5 Å². The number of aromatic nitrogens is 2. The molecule has 0 unspecified atom stereocenters. The van der Waals surface area contributed by atoms with Crippen LogP contribution in [0.25, 0.3) is 11.0 Å². The Morgan fingerprint density at radius 2 is 1.71 bits per heavy atom. The minimum Gasteiger partial charge on any atom is -0.497 e. The molecule has 0 fully saturated rings. The number of nitrogens with one attached hydrogen (secondary N) is 1. The summed E-state index contributed by atoms with van der Waals surface area (Å²) in [6, 6.07) is 21.5. The third-order valence-corrected chi connectivity index (χ3v) is 6.72. The van der Waals surface area contributed by atoms with E-state index in [0.717, 1.165) is 59.4 Å². The summed E-state index contributed by atoms with van der Waals surface area (Å²) in [5, 5.41) is 4.14. The average Bonchev–Trinajstić information content (AvgIpc) is 3.21. The van der Waals surface area contributed by atoms with E-state index >= 15 is 0 Å². The summed E-state index contributed by atoms with van der Waals surface area (Å²) >= 11 is 12.3. The molecule has 0 spiro atoms. The van der Waals surface area contributed by atoms with Crippen LogP contribution in [0.15, 0.2) is 66.7 Å². The van der Waals surface area contributed by atoms with E-state index in [2.05, 4.69) is 16.0 Å². The molecule has 1 heterocycles. The van der Waals surface area contributed by atoms with Gasteiger partial charge in [-0.1, -0.05) is 60.0 Å². The zero-order valence-corrected chi connectivity index (χ0v) is 21.3. The van der Waals surface area contributed by atoms with Gasteiger partial charge in [-0.2, -0.15) is 0 Å². The average molecular weight is 510 g/mol. The molecule has 4 rings (SSSR count). The molecule has 1 aromatic heterocycles. The molecule has 3 aromatic carbocycles. The zero-order valence-electron chi connectivity index (χ0n) is 19.8. The summed E-state index contributed by atoms with van der Waals surface area (Å²) in [6.07, 6.45) is 4.19. The van der Waals surface area contributed by atoms with Crippen LogP contribution in [0, 0.1) is 0 Å². The molecular weight excluding hydrogens is 481 g/mol. The lowest BCUT2D eigenvalue weighted by atomic mass is 10.1. The van der Waals surface area contributed by atoms with Crippen molar-refractivity contribution in [2.75, 3.05) is 13.7 Å². The normalized spacial score (nSPS) is 11.1. The van der Waals surface area contributed by atoms with E-state index < -0.39 is 0 Å². The van der Waals surface area contributed by atoms with E-state index in [1.807, 2.05) is 60.7 Å². The van der Waals surface area contributed by atoms with Crippen molar-refractivity contribution in [2.45, 2.75) is 38.6 Å². The molecule has 1 N–H and O–H groups in total. The summed E-state index contributed by atoms with van der Waals surface area (Å²) < 4.78 is 7.41. The number of methoxy groups -OCH3 is 1. The second-order valence-electron chi connectivity index (χ2n) is 8.54. The van der Waals surface area contributed by atoms with Gasteiger partial charge in [0.2, 0.25) is 5.91 Å². The van der Waals surface area contributed by atoms with E-state index in [1.165, 1.54) is 0 Å². The van der Waals surface area contributed by atoms with E-state index in [4.69, 9.17) is 32.9 Å². The van der Waals surface area contributed by atoms with Crippen molar-refractivity contribution in [1.29, 1.82) is 0 Å². The first-order valence-corrected chi connectivity index (χ1v) is 12.6. The molecule has 0 radical (unpaired) electrons. The highest BCUT2D eigenvalue weighted by molar-refractivity contribution is 6.42. The number of ether oxygens (including phenoxy) is 1. The van der Waals surface area contributed by atoms with E-state index in [0.29, 0.717) is 29.6 Å². The lowest BCUT2D eigenvalue weighted by molar-refractivity contribution is -0.120. The lowest BCUT2D eigenvalue weighted by Crippen LogP contribution is -2.26. The maximum absolute atomic E-state index is 12.2. The number of carbonyl (C=O) groups excluding carboxylic acids is 1. The third kappa shape index (κ3) is 6.77. The van der Waals surface area contributed by atoms with Crippen LogP contribution in [0.4, 0.5) is 0 Å². The van der Waals surface area contributed by atoms with Gasteiger partial charge >= 0.3 is 0 Å². The molecule has 5 nitrogen and oxygen atoms in total. The van der Waals surface area contributed by atoms with Gasteiger partial charge in [0.1, 0.15) is 11.6 Å². The number of hydrogen-bond acceptors (Lipinski definition) is 3. The second-order valence-corrected chi connectivity index (χ2v) is 9.35. The Morgan fingerprint density at radius 3 is 2.49 bits per heavy atom. The minimum absolute atomic E-state index is 0.0404. The van der Waals surface area contributed by atoms with Crippen molar-refractivity contribution >= 4 is 40.1 Å². The molecule has 182 valence electrons. The summed E-state index contributed by atoms with van der Waals surface area (Å²) in [6.45, 7) is 1.36. The number of carbonyl (C=O) groups is 1. The minimum atomic E-state index is 0.0404. The van der Waals surface area contributed by atoms with Crippen LogP contribution >= 0.6 is 23.2 Å². The van der Waals surface area contributed by atoms with Gasteiger partial charge in [-0.25, -0.2) is 4.98 Å². The monoisotopic (exact) mass is 509 g/mol. The summed E-state index contributed by atoms with van der Waals surface area (Å²) in [4.78, 5) is 17.1. The smallest absolute Gasteiger partial charge is 0.224 e. The Labute approximate surface area is 216 Å². The van der Waals surface area contributed by atoms with Crippen LogP contribution in [0.3, 0.4) is 0 Å². The van der Waals surface area contributed by atoms with Gasteiger partial charge < -0.3 is 14.6 Å². The Hall–Kier alpha value is -3.02. The Bertz CT molecular complexity index is 1290. The van der Waals surface area contributed by atoms with Crippen molar-refractivity contribution in [3.05, 3.63) is 93.7 Å². The second kappa shape index (κ2) is 12.1. The van der Waals surface area contributed by atoms with Gasteiger partial charge in [-0.05, 0) is 60.4 Å². The number of rotatable bonds is 11. The van der Waals surface area contributed by atoms with Crippen LogP contribution in [0.2, 0.25) is 10.0 Å². The Morgan fingerprint density at radius 1 is 0.943 bits per heavy atom. The van der Waals surface area contributed by atoms with Crippen LogP contribution < -0.4 is 10.1 Å². The molecule has 0 atom stereocenters. The number of aryl methyl sites for hydroxylation is 1. The molecule has 0 aliphatic carbocycles. The maximum atomic E-state index is 12.2. The lowest BCUT2D eigenvalue weighted by Gasteiger charge is -2.11. The summed E-state index contributed by atoms with van der Waals surface area (Å²) in [7, 11) is 1.63. The number of benzene rings is 3. The number of hydrogen-bond donors (Lipinski definition) is 1. The number of imidazole rings is 1.